The van der Waals surface area contributed by atoms with Gasteiger partial charge in [-0.05, 0) is 42.3 Å². The Labute approximate surface area is 154 Å². The molecule has 0 saturated heterocycles. The third kappa shape index (κ3) is 2.99. The molecule has 1 heterocycles. The molecule has 4 rings (SSSR count). The van der Waals surface area contributed by atoms with Crippen molar-refractivity contribution in [3.05, 3.63) is 70.3 Å². The molecule has 0 fully saturated rings. The summed E-state index contributed by atoms with van der Waals surface area (Å²) in [7, 11) is 0. The van der Waals surface area contributed by atoms with Crippen molar-refractivity contribution in [1.82, 2.24) is 4.98 Å². The summed E-state index contributed by atoms with van der Waals surface area (Å²) in [6.07, 6.45) is 1.80. The minimum absolute atomic E-state index is 0.0935. The molecule has 1 atom stereocenters. The van der Waals surface area contributed by atoms with Crippen molar-refractivity contribution in [1.29, 1.82) is 0 Å². The van der Waals surface area contributed by atoms with Crippen molar-refractivity contribution in [2.24, 2.45) is 0 Å². The summed E-state index contributed by atoms with van der Waals surface area (Å²) in [6, 6.07) is 9.96. The fraction of sp³-hybridized carbons (Fsp3) is 0.200. The van der Waals surface area contributed by atoms with E-state index in [1.54, 1.807) is 12.1 Å². The van der Waals surface area contributed by atoms with E-state index < -0.39 is 0 Å². The maximum atomic E-state index is 14.0. The standard InChI is InChI=1S/C20H15ClFNO3/c1-11-8-16(24)19-17(7-6-15(22)18(11)19)25-9-14-10-26-20(23-14)12-2-4-13(21)5-3-12/h2-7,10-11H,8-9H2,1H3/t11-/m0/s1. The summed E-state index contributed by atoms with van der Waals surface area (Å²) in [4.78, 5) is 16.6. The van der Waals surface area contributed by atoms with Gasteiger partial charge in [-0.2, -0.15) is 0 Å². The summed E-state index contributed by atoms with van der Waals surface area (Å²) in [6.45, 7) is 1.96. The van der Waals surface area contributed by atoms with Gasteiger partial charge in [-0.3, -0.25) is 4.79 Å². The molecule has 3 aromatic rings. The number of aromatic nitrogens is 1. The van der Waals surface area contributed by atoms with E-state index in [1.165, 1.54) is 18.4 Å². The van der Waals surface area contributed by atoms with E-state index in [0.717, 1.165) is 5.56 Å². The topological polar surface area (TPSA) is 52.3 Å². The van der Waals surface area contributed by atoms with Gasteiger partial charge in [0.15, 0.2) is 5.78 Å². The zero-order chi connectivity index (χ0) is 18.3. The molecule has 0 spiro atoms. The van der Waals surface area contributed by atoms with Crippen LogP contribution in [-0.2, 0) is 6.61 Å². The Hall–Kier alpha value is -2.66. The zero-order valence-electron chi connectivity index (χ0n) is 14.0. The Morgan fingerprint density at radius 2 is 2.04 bits per heavy atom. The van der Waals surface area contributed by atoms with Gasteiger partial charge in [0.25, 0.3) is 0 Å². The third-order valence-electron chi connectivity index (χ3n) is 4.44. The van der Waals surface area contributed by atoms with Crippen LogP contribution in [-0.4, -0.2) is 10.8 Å². The molecule has 2 aromatic carbocycles. The molecule has 4 nitrogen and oxygen atoms in total. The van der Waals surface area contributed by atoms with Gasteiger partial charge in [0, 0.05) is 22.6 Å². The van der Waals surface area contributed by atoms with Crippen molar-refractivity contribution < 1.29 is 18.3 Å². The molecule has 0 radical (unpaired) electrons. The quantitative estimate of drug-likeness (QED) is 0.616. The molecule has 1 aromatic heterocycles. The molecule has 26 heavy (non-hydrogen) atoms. The minimum Gasteiger partial charge on any atom is -0.486 e. The predicted molar refractivity (Wildman–Crippen MR) is 95.0 cm³/mol. The smallest absolute Gasteiger partial charge is 0.226 e. The first-order chi connectivity index (χ1) is 12.5. The molecule has 1 aliphatic rings. The Morgan fingerprint density at radius 1 is 1.27 bits per heavy atom. The number of nitrogens with zero attached hydrogens (tertiary/aromatic N) is 1. The summed E-state index contributed by atoms with van der Waals surface area (Å²) in [5.74, 6) is 0.242. The molecule has 0 aliphatic heterocycles. The SMILES string of the molecule is C[C@H]1CC(=O)c2c(OCc3coc(-c4ccc(Cl)cc4)n3)ccc(F)c21. The molecule has 132 valence electrons. The Bertz CT molecular complexity index is 981. The monoisotopic (exact) mass is 371 g/mol. The summed E-state index contributed by atoms with van der Waals surface area (Å²) in [5.41, 5.74) is 2.16. The molecule has 1 aliphatic carbocycles. The zero-order valence-corrected chi connectivity index (χ0v) is 14.7. The van der Waals surface area contributed by atoms with Crippen molar-refractivity contribution in [3.8, 4) is 17.2 Å². The van der Waals surface area contributed by atoms with Gasteiger partial charge in [0.1, 0.15) is 30.1 Å². The molecule has 0 amide bonds. The highest BCUT2D eigenvalue weighted by molar-refractivity contribution is 6.30. The third-order valence-corrected chi connectivity index (χ3v) is 4.69. The lowest BCUT2D eigenvalue weighted by molar-refractivity contribution is 0.0986. The van der Waals surface area contributed by atoms with Crippen LogP contribution in [0, 0.1) is 5.82 Å². The van der Waals surface area contributed by atoms with Crippen LogP contribution >= 0.6 is 11.6 Å². The predicted octanol–water partition coefficient (Wildman–Crippen LogP) is 5.40. The lowest BCUT2D eigenvalue weighted by atomic mass is 10.0. The average molecular weight is 372 g/mol. The van der Waals surface area contributed by atoms with E-state index in [4.69, 9.17) is 20.8 Å². The van der Waals surface area contributed by atoms with E-state index in [-0.39, 0.29) is 24.1 Å². The normalized spacial score (nSPS) is 16.0. The molecular weight excluding hydrogens is 357 g/mol. The van der Waals surface area contributed by atoms with Crippen LogP contribution in [0.25, 0.3) is 11.5 Å². The van der Waals surface area contributed by atoms with Crippen molar-refractivity contribution >= 4 is 17.4 Å². The lowest BCUT2D eigenvalue weighted by Gasteiger charge is -2.10. The maximum absolute atomic E-state index is 14.0. The van der Waals surface area contributed by atoms with Crippen LogP contribution in [0.5, 0.6) is 5.75 Å². The van der Waals surface area contributed by atoms with Crippen LogP contribution in [0.4, 0.5) is 4.39 Å². The average Bonchev–Trinajstić information content (AvgIpc) is 3.20. The second-order valence-corrected chi connectivity index (χ2v) is 6.74. The number of oxazole rings is 1. The van der Waals surface area contributed by atoms with Crippen LogP contribution in [0.15, 0.2) is 47.1 Å². The van der Waals surface area contributed by atoms with Gasteiger partial charge in [0.05, 0.1) is 5.56 Å². The highest BCUT2D eigenvalue weighted by atomic mass is 35.5. The lowest BCUT2D eigenvalue weighted by Crippen LogP contribution is -2.03. The Morgan fingerprint density at radius 3 is 2.81 bits per heavy atom. The van der Waals surface area contributed by atoms with Crippen molar-refractivity contribution in [2.75, 3.05) is 0 Å². The number of fused-ring (bicyclic) bond motifs is 1. The number of Topliss-reactive ketones (excluding diaryl/α,β-unsaturated/α-hetero) is 1. The Balaban J connectivity index is 1.54. The number of hydrogen-bond donors (Lipinski definition) is 0. The summed E-state index contributed by atoms with van der Waals surface area (Å²) >= 11 is 5.88. The van der Waals surface area contributed by atoms with Crippen LogP contribution < -0.4 is 4.74 Å². The first-order valence-corrected chi connectivity index (χ1v) is 8.59. The van der Waals surface area contributed by atoms with E-state index in [0.29, 0.717) is 39.9 Å². The van der Waals surface area contributed by atoms with Crippen LogP contribution in [0.3, 0.4) is 0 Å². The number of hydrogen-bond acceptors (Lipinski definition) is 4. The van der Waals surface area contributed by atoms with Crippen molar-refractivity contribution in [2.45, 2.75) is 25.9 Å². The number of halogens is 2. The molecule has 0 unspecified atom stereocenters. The van der Waals surface area contributed by atoms with Gasteiger partial charge < -0.3 is 9.15 Å². The number of benzene rings is 2. The van der Waals surface area contributed by atoms with Crippen LogP contribution in [0.1, 0.15) is 40.9 Å². The van der Waals surface area contributed by atoms with E-state index >= 15 is 0 Å². The van der Waals surface area contributed by atoms with E-state index in [1.807, 2.05) is 19.1 Å². The largest absolute Gasteiger partial charge is 0.486 e. The highest BCUT2D eigenvalue weighted by Gasteiger charge is 2.32. The second kappa shape index (κ2) is 6.57. The molecular formula is C20H15ClFNO3. The summed E-state index contributed by atoms with van der Waals surface area (Å²) in [5, 5.41) is 0.632. The van der Waals surface area contributed by atoms with E-state index in [9.17, 15) is 9.18 Å². The Kier molecular flexibility index (Phi) is 4.24. The first-order valence-electron chi connectivity index (χ1n) is 8.21. The molecule has 0 saturated carbocycles. The summed E-state index contributed by atoms with van der Waals surface area (Å²) < 4.78 is 25.2. The maximum Gasteiger partial charge on any atom is 0.226 e. The molecule has 0 bridgehead atoms. The minimum atomic E-state index is -0.364. The van der Waals surface area contributed by atoms with Gasteiger partial charge in [-0.1, -0.05) is 18.5 Å². The van der Waals surface area contributed by atoms with E-state index in [2.05, 4.69) is 4.98 Å². The second-order valence-electron chi connectivity index (χ2n) is 6.30. The fourth-order valence-corrected chi connectivity index (χ4v) is 3.32. The van der Waals surface area contributed by atoms with Crippen LogP contribution in [0.2, 0.25) is 5.02 Å². The van der Waals surface area contributed by atoms with Gasteiger partial charge >= 0.3 is 0 Å². The molecule has 0 N–H and O–H groups in total. The molecule has 6 heteroatoms. The van der Waals surface area contributed by atoms with Crippen molar-refractivity contribution in [3.63, 3.8) is 0 Å². The first kappa shape index (κ1) is 16.8. The van der Waals surface area contributed by atoms with Gasteiger partial charge in [0.2, 0.25) is 5.89 Å². The number of ether oxygens (including phenoxy) is 1. The van der Waals surface area contributed by atoms with Gasteiger partial charge in [-0.15, -0.1) is 0 Å². The highest BCUT2D eigenvalue weighted by Crippen LogP contribution is 2.40. The van der Waals surface area contributed by atoms with Gasteiger partial charge in [-0.25, -0.2) is 9.37 Å². The number of carbonyl (C=O) groups excluding carboxylic acids is 1. The number of rotatable bonds is 4. The number of carbonyl (C=O) groups is 1. The number of ketones is 1. The fourth-order valence-electron chi connectivity index (χ4n) is 3.20.